The molecule has 1 amide bonds. The number of nitrogens with zero attached hydrogens (tertiary/aromatic N) is 1. The molecule has 0 bridgehead atoms. The Hall–Kier alpha value is -2.11. The highest BCUT2D eigenvalue weighted by Gasteiger charge is 2.09. The van der Waals surface area contributed by atoms with Crippen LogP contribution in [0.5, 0.6) is 0 Å². The van der Waals surface area contributed by atoms with Gasteiger partial charge in [-0.15, -0.1) is 0 Å². The molecule has 0 saturated carbocycles. The number of aryl methyl sites for hydroxylation is 1. The molecule has 0 aliphatic heterocycles. The van der Waals surface area contributed by atoms with E-state index >= 15 is 0 Å². The summed E-state index contributed by atoms with van der Waals surface area (Å²) < 4.78 is 0. The van der Waals surface area contributed by atoms with E-state index in [2.05, 4.69) is 15.7 Å². The van der Waals surface area contributed by atoms with Crippen LogP contribution in [0.3, 0.4) is 0 Å². The summed E-state index contributed by atoms with van der Waals surface area (Å²) in [5, 5.41) is 3.47. The Balaban J connectivity index is 2.11. The van der Waals surface area contributed by atoms with Crippen LogP contribution in [0.4, 0.5) is 5.82 Å². The quantitative estimate of drug-likeness (QED) is 0.586. The van der Waals surface area contributed by atoms with Crippen molar-refractivity contribution in [2.24, 2.45) is 5.84 Å². The van der Waals surface area contributed by atoms with Crippen LogP contribution in [0.15, 0.2) is 36.4 Å². The Morgan fingerprint density at radius 3 is 2.76 bits per heavy atom. The molecular weight excluding hydrogens is 288 g/mol. The summed E-state index contributed by atoms with van der Waals surface area (Å²) in [6.45, 7) is 2.34. The van der Waals surface area contributed by atoms with Crippen LogP contribution in [0.25, 0.3) is 0 Å². The maximum Gasteiger partial charge on any atom is 0.251 e. The van der Waals surface area contributed by atoms with E-state index < -0.39 is 0 Å². The molecule has 4 N–H and O–H groups in total. The zero-order valence-corrected chi connectivity index (χ0v) is 12.4. The van der Waals surface area contributed by atoms with Gasteiger partial charge in [0.15, 0.2) is 0 Å². The summed E-state index contributed by atoms with van der Waals surface area (Å²) in [6, 6.07) is 10.8. The fourth-order valence-corrected chi connectivity index (χ4v) is 2.10. The number of hydrogen-bond donors (Lipinski definition) is 3. The number of halogens is 1. The highest BCUT2D eigenvalue weighted by molar-refractivity contribution is 6.31. The zero-order chi connectivity index (χ0) is 15.2. The van der Waals surface area contributed by atoms with Gasteiger partial charge in [-0.3, -0.25) is 4.79 Å². The highest BCUT2D eigenvalue weighted by atomic mass is 35.5. The van der Waals surface area contributed by atoms with Gasteiger partial charge in [-0.1, -0.05) is 36.7 Å². The van der Waals surface area contributed by atoms with Crippen LogP contribution in [0.1, 0.15) is 28.5 Å². The van der Waals surface area contributed by atoms with Crippen LogP contribution in [-0.2, 0) is 13.0 Å². The molecule has 0 aliphatic carbocycles. The lowest BCUT2D eigenvalue weighted by molar-refractivity contribution is 0.0950. The van der Waals surface area contributed by atoms with Crippen molar-refractivity contribution in [3.8, 4) is 0 Å². The standard InChI is InChI=1S/C15H17ClN4O/c1-2-12-7-11(8-14(19-12)20-17)15(21)18-9-10-5-3-4-6-13(10)16/h3-8H,2,9,17H2,1H3,(H,18,21)(H,19,20). The maximum absolute atomic E-state index is 12.2. The third-order valence-electron chi connectivity index (χ3n) is 3.05. The molecule has 0 spiro atoms. The van der Waals surface area contributed by atoms with Crippen LogP contribution in [0, 0.1) is 0 Å². The summed E-state index contributed by atoms with van der Waals surface area (Å²) in [5.74, 6) is 5.64. The van der Waals surface area contributed by atoms with E-state index in [4.69, 9.17) is 17.4 Å². The molecule has 21 heavy (non-hydrogen) atoms. The summed E-state index contributed by atoms with van der Waals surface area (Å²) in [6.07, 6.45) is 0.723. The second kappa shape index (κ2) is 7.06. The number of carbonyl (C=O) groups is 1. The normalized spacial score (nSPS) is 10.2. The van der Waals surface area contributed by atoms with E-state index in [1.54, 1.807) is 18.2 Å². The second-order valence-corrected chi connectivity index (χ2v) is 4.91. The van der Waals surface area contributed by atoms with Gasteiger partial charge in [-0.25, -0.2) is 10.8 Å². The summed E-state index contributed by atoms with van der Waals surface area (Å²) in [7, 11) is 0. The van der Waals surface area contributed by atoms with Crippen LogP contribution >= 0.6 is 11.6 Å². The molecule has 110 valence electrons. The topological polar surface area (TPSA) is 80.0 Å². The summed E-state index contributed by atoms with van der Waals surface area (Å²) in [4.78, 5) is 16.5. The molecule has 0 atom stereocenters. The number of benzene rings is 1. The highest BCUT2D eigenvalue weighted by Crippen LogP contribution is 2.15. The number of rotatable bonds is 5. The minimum atomic E-state index is -0.191. The molecule has 2 aromatic rings. The Morgan fingerprint density at radius 2 is 2.10 bits per heavy atom. The number of anilines is 1. The zero-order valence-electron chi connectivity index (χ0n) is 11.7. The van der Waals surface area contributed by atoms with Gasteiger partial charge < -0.3 is 10.7 Å². The Bertz CT molecular complexity index is 623. The van der Waals surface area contributed by atoms with Crippen molar-refractivity contribution in [2.45, 2.75) is 19.9 Å². The molecule has 1 aromatic heterocycles. The monoisotopic (exact) mass is 304 g/mol. The Labute approximate surface area is 128 Å². The lowest BCUT2D eigenvalue weighted by atomic mass is 10.1. The molecule has 1 aromatic carbocycles. The lowest BCUT2D eigenvalue weighted by Crippen LogP contribution is -2.23. The van der Waals surface area contributed by atoms with E-state index in [9.17, 15) is 4.79 Å². The van der Waals surface area contributed by atoms with Crippen molar-refractivity contribution in [1.82, 2.24) is 10.3 Å². The van der Waals surface area contributed by atoms with Crippen LogP contribution in [-0.4, -0.2) is 10.9 Å². The van der Waals surface area contributed by atoms with E-state index in [1.165, 1.54) is 0 Å². The SMILES string of the molecule is CCc1cc(C(=O)NCc2ccccc2Cl)cc(NN)n1. The van der Waals surface area contributed by atoms with Gasteiger partial charge in [-0.05, 0) is 30.2 Å². The average Bonchev–Trinajstić information content (AvgIpc) is 2.53. The van der Waals surface area contributed by atoms with Gasteiger partial charge in [0, 0.05) is 22.8 Å². The van der Waals surface area contributed by atoms with Crippen molar-refractivity contribution in [3.63, 3.8) is 0 Å². The Kier molecular flexibility index (Phi) is 5.14. The van der Waals surface area contributed by atoms with Gasteiger partial charge in [0.25, 0.3) is 5.91 Å². The number of nitrogens with one attached hydrogen (secondary N) is 2. The lowest BCUT2D eigenvalue weighted by Gasteiger charge is -2.09. The summed E-state index contributed by atoms with van der Waals surface area (Å²) in [5.41, 5.74) is 4.65. The number of hydrogen-bond acceptors (Lipinski definition) is 4. The van der Waals surface area contributed by atoms with E-state index in [-0.39, 0.29) is 5.91 Å². The largest absolute Gasteiger partial charge is 0.348 e. The fourth-order valence-electron chi connectivity index (χ4n) is 1.89. The van der Waals surface area contributed by atoms with Crippen molar-refractivity contribution in [1.29, 1.82) is 0 Å². The third-order valence-corrected chi connectivity index (χ3v) is 3.42. The molecule has 0 radical (unpaired) electrons. The van der Waals surface area contributed by atoms with Crippen molar-refractivity contribution in [2.75, 3.05) is 5.43 Å². The van der Waals surface area contributed by atoms with E-state index in [0.717, 1.165) is 17.7 Å². The molecule has 0 aliphatic rings. The van der Waals surface area contributed by atoms with Gasteiger partial charge in [0.1, 0.15) is 5.82 Å². The smallest absolute Gasteiger partial charge is 0.251 e. The first-order chi connectivity index (χ1) is 10.1. The molecule has 0 saturated heterocycles. The van der Waals surface area contributed by atoms with Gasteiger partial charge in [0.2, 0.25) is 0 Å². The first kappa shape index (κ1) is 15.3. The number of aromatic nitrogens is 1. The first-order valence-electron chi connectivity index (χ1n) is 6.63. The fraction of sp³-hybridized carbons (Fsp3) is 0.200. The minimum absolute atomic E-state index is 0.191. The van der Waals surface area contributed by atoms with Crippen molar-refractivity contribution in [3.05, 3.63) is 58.2 Å². The predicted molar refractivity (Wildman–Crippen MR) is 84.0 cm³/mol. The van der Waals surface area contributed by atoms with Crippen LogP contribution in [0.2, 0.25) is 5.02 Å². The second-order valence-electron chi connectivity index (χ2n) is 4.50. The number of nitrogen functional groups attached to an aromatic ring is 1. The number of amides is 1. The summed E-state index contributed by atoms with van der Waals surface area (Å²) >= 11 is 6.06. The number of carbonyl (C=O) groups excluding carboxylic acids is 1. The van der Waals surface area contributed by atoms with E-state index in [0.29, 0.717) is 22.9 Å². The minimum Gasteiger partial charge on any atom is -0.348 e. The molecule has 6 heteroatoms. The van der Waals surface area contributed by atoms with Crippen LogP contribution < -0.4 is 16.6 Å². The molecule has 1 heterocycles. The average molecular weight is 305 g/mol. The number of pyridine rings is 1. The molecule has 5 nitrogen and oxygen atoms in total. The number of nitrogens with two attached hydrogens (primary N) is 1. The first-order valence-corrected chi connectivity index (χ1v) is 7.01. The molecular formula is C15H17ClN4O. The van der Waals surface area contributed by atoms with Crippen molar-refractivity contribution < 1.29 is 4.79 Å². The molecule has 2 rings (SSSR count). The maximum atomic E-state index is 12.2. The van der Waals surface area contributed by atoms with E-state index in [1.807, 2.05) is 25.1 Å². The number of hydrazine groups is 1. The molecule has 0 unspecified atom stereocenters. The van der Waals surface area contributed by atoms with Gasteiger partial charge in [-0.2, -0.15) is 0 Å². The third kappa shape index (κ3) is 3.93. The van der Waals surface area contributed by atoms with Gasteiger partial charge >= 0.3 is 0 Å². The molecule has 0 fully saturated rings. The van der Waals surface area contributed by atoms with Crippen molar-refractivity contribution >= 4 is 23.3 Å². The Morgan fingerprint density at radius 1 is 1.33 bits per heavy atom. The predicted octanol–water partition coefficient (Wildman–Crippen LogP) is 2.51. The van der Waals surface area contributed by atoms with Gasteiger partial charge in [0.05, 0.1) is 0 Å².